The zero-order chi connectivity index (χ0) is 20.0. The molecule has 0 radical (unpaired) electrons. The molecule has 27 heavy (non-hydrogen) atoms. The van der Waals surface area contributed by atoms with Crippen LogP contribution in [0.4, 0.5) is 13.2 Å². The van der Waals surface area contributed by atoms with Gasteiger partial charge in [0.25, 0.3) is 5.91 Å². The molecule has 6 N–H and O–H groups in total. The third kappa shape index (κ3) is 5.90. The molecule has 6 nitrogen and oxygen atoms in total. The van der Waals surface area contributed by atoms with E-state index in [0.29, 0.717) is 12.6 Å². The second kappa shape index (κ2) is 8.78. The predicted molar refractivity (Wildman–Crippen MR) is 97.9 cm³/mol. The van der Waals surface area contributed by atoms with E-state index in [1.807, 2.05) is 0 Å². The van der Waals surface area contributed by atoms with Gasteiger partial charge in [-0.05, 0) is 42.5 Å². The van der Waals surface area contributed by atoms with Gasteiger partial charge in [0.2, 0.25) is 0 Å². The average molecular weight is 398 g/mol. The molecular weight excluding hydrogens is 381 g/mol. The lowest BCUT2D eigenvalue weighted by Gasteiger charge is -2.15. The monoisotopic (exact) mass is 398 g/mol. The minimum Gasteiger partial charge on any atom is -0.457 e. The van der Waals surface area contributed by atoms with Crippen molar-refractivity contribution in [1.82, 2.24) is 0 Å². The van der Waals surface area contributed by atoms with Crippen molar-refractivity contribution >= 4 is 23.6 Å². The van der Waals surface area contributed by atoms with Crippen molar-refractivity contribution in [3.8, 4) is 11.5 Å². The maximum Gasteiger partial charge on any atom is 0.420 e. The zero-order valence-electron chi connectivity index (χ0n) is 14.0. The minimum atomic E-state index is -4.74. The molecule has 2 aromatic rings. The molecule has 0 aromatic heterocycles. The van der Waals surface area contributed by atoms with Gasteiger partial charge in [0.15, 0.2) is 5.96 Å². The van der Waals surface area contributed by atoms with Gasteiger partial charge in [-0.3, -0.25) is 4.79 Å². The number of guanidine groups is 1. The highest BCUT2D eigenvalue weighted by Gasteiger charge is 2.35. The molecule has 0 aliphatic heterocycles. The molecule has 0 heterocycles. The highest BCUT2D eigenvalue weighted by molar-refractivity contribution is 7.99. The Hall–Kier alpha value is -2.72. The number of nitrogens with two attached hydrogens (primary N) is 3. The summed E-state index contributed by atoms with van der Waals surface area (Å²) in [5.74, 6) is -1.01. The zero-order valence-corrected chi connectivity index (χ0v) is 14.8. The topological polar surface area (TPSA) is 117 Å². The highest BCUT2D eigenvalue weighted by atomic mass is 32.2. The molecule has 0 aliphatic carbocycles. The van der Waals surface area contributed by atoms with Crippen molar-refractivity contribution in [2.45, 2.75) is 11.1 Å². The smallest absolute Gasteiger partial charge is 0.420 e. The lowest BCUT2D eigenvalue weighted by Crippen LogP contribution is -2.24. The Morgan fingerprint density at radius 1 is 1.11 bits per heavy atom. The van der Waals surface area contributed by atoms with Gasteiger partial charge in [0, 0.05) is 22.8 Å². The number of amides is 1. The summed E-state index contributed by atoms with van der Waals surface area (Å²) in [4.78, 5) is 15.9. The third-order valence-corrected chi connectivity index (χ3v) is 4.25. The molecule has 0 aliphatic rings. The molecule has 0 unspecified atom stereocenters. The number of carbonyl (C=O) groups excluding carboxylic acids is 1. The molecule has 2 aromatic carbocycles. The fraction of sp³-hybridized carbons (Fsp3) is 0.176. The standard InChI is InChI=1S/C17H17F3N4O2S/c18-17(19,20)13-9-10(15(25)24-16(22)23)1-6-14(13)26-11-2-4-12(5-3-11)27-8-7-21/h1-6,9H,7-8,21H2,(H4,22,23,24,25). The normalized spacial score (nSPS) is 11.1. The summed E-state index contributed by atoms with van der Waals surface area (Å²) in [5.41, 5.74) is 14.2. The lowest BCUT2D eigenvalue weighted by molar-refractivity contribution is -0.138. The van der Waals surface area contributed by atoms with E-state index < -0.39 is 29.4 Å². The van der Waals surface area contributed by atoms with Gasteiger partial charge in [-0.1, -0.05) is 0 Å². The molecule has 0 fully saturated rings. The van der Waals surface area contributed by atoms with Gasteiger partial charge >= 0.3 is 6.18 Å². The van der Waals surface area contributed by atoms with E-state index in [9.17, 15) is 18.0 Å². The number of carbonyl (C=O) groups is 1. The molecule has 0 saturated carbocycles. The summed E-state index contributed by atoms with van der Waals surface area (Å²) in [6.45, 7) is 0.517. The van der Waals surface area contributed by atoms with Crippen LogP contribution in [0.2, 0.25) is 0 Å². The first-order valence-electron chi connectivity index (χ1n) is 7.66. The Balaban J connectivity index is 2.30. The van der Waals surface area contributed by atoms with E-state index in [-0.39, 0.29) is 11.3 Å². The van der Waals surface area contributed by atoms with Crippen molar-refractivity contribution in [2.24, 2.45) is 22.2 Å². The van der Waals surface area contributed by atoms with Crippen LogP contribution in [-0.2, 0) is 6.18 Å². The number of aliphatic imine (C=N–C) groups is 1. The Labute approximate surface area is 157 Å². The summed E-state index contributed by atoms with van der Waals surface area (Å²) in [6, 6.07) is 9.41. The Morgan fingerprint density at radius 3 is 2.33 bits per heavy atom. The Kier molecular flexibility index (Phi) is 6.70. The molecule has 1 amide bonds. The van der Waals surface area contributed by atoms with E-state index in [0.717, 1.165) is 22.8 Å². The second-order valence-electron chi connectivity index (χ2n) is 5.26. The summed E-state index contributed by atoms with van der Waals surface area (Å²) >= 11 is 1.52. The first-order valence-corrected chi connectivity index (χ1v) is 8.65. The number of nitrogens with zero attached hydrogens (tertiary/aromatic N) is 1. The first kappa shape index (κ1) is 20.6. The van der Waals surface area contributed by atoms with Crippen molar-refractivity contribution in [1.29, 1.82) is 0 Å². The largest absolute Gasteiger partial charge is 0.457 e. The quantitative estimate of drug-likeness (QED) is 0.391. The second-order valence-corrected chi connectivity index (χ2v) is 6.43. The molecule has 2 rings (SSSR count). The molecule has 0 bridgehead atoms. The summed E-state index contributed by atoms with van der Waals surface area (Å²) in [5, 5.41) is 0. The van der Waals surface area contributed by atoms with Gasteiger partial charge in [-0.2, -0.15) is 18.2 Å². The lowest BCUT2D eigenvalue weighted by atomic mass is 10.1. The van der Waals surface area contributed by atoms with Gasteiger partial charge in [-0.25, -0.2) is 0 Å². The molecule has 0 atom stereocenters. The number of thioether (sulfide) groups is 1. The average Bonchev–Trinajstić information content (AvgIpc) is 2.60. The maximum absolute atomic E-state index is 13.4. The highest BCUT2D eigenvalue weighted by Crippen LogP contribution is 2.39. The molecule has 10 heteroatoms. The van der Waals surface area contributed by atoms with Crippen LogP contribution in [0.1, 0.15) is 15.9 Å². The molecular formula is C17H17F3N4O2S. The fourth-order valence-corrected chi connectivity index (χ4v) is 2.75. The number of ether oxygens (including phenoxy) is 1. The maximum atomic E-state index is 13.4. The van der Waals surface area contributed by atoms with Crippen LogP contribution < -0.4 is 21.9 Å². The SMILES string of the molecule is NCCSc1ccc(Oc2ccc(C(=O)N=C(N)N)cc2C(F)(F)F)cc1. The van der Waals surface area contributed by atoms with Crippen molar-refractivity contribution in [3.63, 3.8) is 0 Å². The molecule has 144 valence electrons. The number of alkyl halides is 3. The fourth-order valence-electron chi connectivity index (χ4n) is 2.06. The Morgan fingerprint density at radius 2 is 1.78 bits per heavy atom. The minimum absolute atomic E-state index is 0.223. The summed E-state index contributed by atoms with van der Waals surface area (Å²) in [7, 11) is 0. The number of hydrogen-bond acceptors (Lipinski definition) is 4. The summed E-state index contributed by atoms with van der Waals surface area (Å²) < 4.78 is 45.5. The number of rotatable bonds is 6. The van der Waals surface area contributed by atoms with E-state index in [2.05, 4.69) is 4.99 Å². The van der Waals surface area contributed by atoms with Crippen LogP contribution in [0.3, 0.4) is 0 Å². The van der Waals surface area contributed by atoms with Crippen LogP contribution in [0.25, 0.3) is 0 Å². The summed E-state index contributed by atoms with van der Waals surface area (Å²) in [6.07, 6.45) is -4.74. The number of hydrogen-bond donors (Lipinski definition) is 3. The van der Waals surface area contributed by atoms with Crippen LogP contribution in [0, 0.1) is 0 Å². The number of benzene rings is 2. The van der Waals surface area contributed by atoms with E-state index in [1.165, 1.54) is 11.8 Å². The van der Waals surface area contributed by atoms with Gasteiger partial charge in [-0.15, -0.1) is 11.8 Å². The molecule has 0 saturated heterocycles. The van der Waals surface area contributed by atoms with Crippen molar-refractivity contribution in [3.05, 3.63) is 53.6 Å². The van der Waals surface area contributed by atoms with E-state index in [1.54, 1.807) is 24.3 Å². The Bertz CT molecular complexity index is 835. The predicted octanol–water partition coefficient (Wildman–Crippen LogP) is 2.96. The van der Waals surface area contributed by atoms with Crippen LogP contribution in [-0.4, -0.2) is 24.2 Å². The number of halogens is 3. The van der Waals surface area contributed by atoms with E-state index in [4.69, 9.17) is 21.9 Å². The van der Waals surface area contributed by atoms with Gasteiger partial charge in [0.1, 0.15) is 11.5 Å². The van der Waals surface area contributed by atoms with Crippen molar-refractivity contribution < 1.29 is 22.7 Å². The third-order valence-electron chi connectivity index (χ3n) is 3.20. The molecule has 0 spiro atoms. The van der Waals surface area contributed by atoms with Gasteiger partial charge < -0.3 is 21.9 Å². The first-order chi connectivity index (χ1) is 12.7. The van der Waals surface area contributed by atoms with Crippen LogP contribution in [0.15, 0.2) is 52.4 Å². The van der Waals surface area contributed by atoms with Gasteiger partial charge in [0.05, 0.1) is 5.56 Å². The van der Waals surface area contributed by atoms with Crippen molar-refractivity contribution in [2.75, 3.05) is 12.3 Å². The van der Waals surface area contributed by atoms with Crippen LogP contribution in [0.5, 0.6) is 11.5 Å². The van der Waals surface area contributed by atoms with Crippen LogP contribution >= 0.6 is 11.8 Å². The van der Waals surface area contributed by atoms with E-state index >= 15 is 0 Å².